The summed E-state index contributed by atoms with van der Waals surface area (Å²) >= 11 is 3.39. The Kier molecular flexibility index (Phi) is 2.51. The second kappa shape index (κ2) is 3.53. The summed E-state index contributed by atoms with van der Waals surface area (Å²) in [6.45, 7) is 1.03. The van der Waals surface area contributed by atoms with Gasteiger partial charge in [0.1, 0.15) is 5.60 Å². The molecule has 14 heavy (non-hydrogen) atoms. The third-order valence-electron chi connectivity index (χ3n) is 2.67. The van der Waals surface area contributed by atoms with Gasteiger partial charge in [-0.2, -0.15) is 0 Å². The molecule has 0 saturated heterocycles. The lowest BCUT2D eigenvalue weighted by molar-refractivity contribution is 0.0377. The highest BCUT2D eigenvalue weighted by atomic mass is 79.9. The quantitative estimate of drug-likeness (QED) is 0.713. The fourth-order valence-corrected chi connectivity index (χ4v) is 2.17. The molecule has 3 nitrogen and oxygen atoms in total. The molecule has 0 saturated carbocycles. The van der Waals surface area contributed by atoms with Crippen LogP contribution in [0.2, 0.25) is 0 Å². The second-order valence-electron chi connectivity index (χ2n) is 3.60. The van der Waals surface area contributed by atoms with Gasteiger partial charge < -0.3 is 16.2 Å². The van der Waals surface area contributed by atoms with Crippen molar-refractivity contribution in [3.05, 3.63) is 28.2 Å². The third kappa shape index (κ3) is 1.54. The number of benzene rings is 1. The van der Waals surface area contributed by atoms with Crippen LogP contribution in [0, 0.1) is 0 Å². The number of anilines is 1. The molecule has 1 aromatic carbocycles. The minimum atomic E-state index is -0.871. The fourth-order valence-electron chi connectivity index (χ4n) is 1.81. The normalized spacial score (nSPS) is 25.4. The number of hydrogen-bond donors (Lipinski definition) is 3. The van der Waals surface area contributed by atoms with E-state index in [1.165, 1.54) is 0 Å². The Morgan fingerprint density at radius 2 is 2.36 bits per heavy atom. The van der Waals surface area contributed by atoms with Crippen molar-refractivity contribution in [3.8, 4) is 0 Å². The minimum Gasteiger partial charge on any atom is -0.385 e. The van der Waals surface area contributed by atoms with Crippen LogP contribution >= 0.6 is 15.9 Å². The van der Waals surface area contributed by atoms with Gasteiger partial charge in [0, 0.05) is 28.8 Å². The zero-order chi connectivity index (χ0) is 10.2. The van der Waals surface area contributed by atoms with E-state index in [1.807, 2.05) is 18.2 Å². The summed E-state index contributed by atoms with van der Waals surface area (Å²) in [5.74, 6) is 0. The minimum absolute atomic E-state index is 0.262. The second-order valence-corrected chi connectivity index (χ2v) is 4.52. The summed E-state index contributed by atoms with van der Waals surface area (Å²) < 4.78 is 0.965. The highest BCUT2D eigenvalue weighted by Crippen LogP contribution is 2.35. The molecule has 4 N–H and O–H groups in total. The Labute approximate surface area is 91.4 Å². The van der Waals surface area contributed by atoms with E-state index in [-0.39, 0.29) is 6.54 Å². The lowest BCUT2D eigenvalue weighted by atomic mass is 9.86. The number of fused-ring (bicyclic) bond motifs is 1. The highest BCUT2D eigenvalue weighted by Gasteiger charge is 2.32. The molecule has 0 aromatic heterocycles. The first kappa shape index (κ1) is 9.96. The van der Waals surface area contributed by atoms with E-state index >= 15 is 0 Å². The van der Waals surface area contributed by atoms with Crippen LogP contribution in [0.25, 0.3) is 0 Å². The maximum Gasteiger partial charge on any atom is 0.105 e. The summed E-state index contributed by atoms with van der Waals surface area (Å²) in [4.78, 5) is 0. The van der Waals surface area contributed by atoms with Crippen molar-refractivity contribution in [2.75, 3.05) is 18.4 Å². The van der Waals surface area contributed by atoms with Crippen molar-refractivity contribution in [3.63, 3.8) is 0 Å². The molecule has 0 bridgehead atoms. The SMILES string of the molecule is NCC1(O)CCNc2ccc(Br)cc21. The smallest absolute Gasteiger partial charge is 0.105 e. The van der Waals surface area contributed by atoms with Crippen LogP contribution in [0.1, 0.15) is 12.0 Å². The largest absolute Gasteiger partial charge is 0.385 e. The molecular formula is C10H13BrN2O. The molecule has 1 atom stereocenters. The predicted molar refractivity (Wildman–Crippen MR) is 60.2 cm³/mol. The molecular weight excluding hydrogens is 244 g/mol. The summed E-state index contributed by atoms with van der Waals surface area (Å²) in [6, 6.07) is 5.83. The Morgan fingerprint density at radius 3 is 3.07 bits per heavy atom. The molecule has 1 heterocycles. The molecule has 1 aliphatic heterocycles. The Hall–Kier alpha value is -0.580. The molecule has 4 heteroatoms. The number of aliphatic hydroxyl groups is 1. The Bertz CT molecular complexity index is 356. The van der Waals surface area contributed by atoms with E-state index in [0.717, 1.165) is 22.3 Å². The van der Waals surface area contributed by atoms with Gasteiger partial charge in [-0.3, -0.25) is 0 Å². The summed E-state index contributed by atoms with van der Waals surface area (Å²) in [6.07, 6.45) is 0.660. The van der Waals surface area contributed by atoms with E-state index in [4.69, 9.17) is 5.73 Å². The highest BCUT2D eigenvalue weighted by molar-refractivity contribution is 9.10. The van der Waals surface area contributed by atoms with E-state index < -0.39 is 5.60 Å². The number of nitrogens with two attached hydrogens (primary N) is 1. The monoisotopic (exact) mass is 256 g/mol. The molecule has 2 rings (SSSR count). The molecule has 0 fully saturated rings. The number of hydrogen-bond acceptors (Lipinski definition) is 3. The molecule has 0 amide bonds. The molecule has 76 valence electrons. The first-order valence-corrected chi connectivity index (χ1v) is 5.41. The van der Waals surface area contributed by atoms with Crippen LogP contribution in [0.15, 0.2) is 22.7 Å². The Balaban J connectivity index is 2.52. The van der Waals surface area contributed by atoms with Gasteiger partial charge in [0.2, 0.25) is 0 Å². The van der Waals surface area contributed by atoms with Crippen molar-refractivity contribution >= 4 is 21.6 Å². The van der Waals surface area contributed by atoms with Gasteiger partial charge in [0.15, 0.2) is 0 Å². The molecule has 1 unspecified atom stereocenters. The van der Waals surface area contributed by atoms with E-state index in [2.05, 4.69) is 21.2 Å². The Morgan fingerprint density at radius 1 is 1.57 bits per heavy atom. The van der Waals surface area contributed by atoms with Crippen LogP contribution in [-0.4, -0.2) is 18.2 Å². The van der Waals surface area contributed by atoms with Gasteiger partial charge in [0.25, 0.3) is 0 Å². The molecule has 1 aromatic rings. The standard InChI is InChI=1S/C10H13BrN2O/c11-7-1-2-9-8(5-7)10(14,6-12)3-4-13-9/h1-2,5,13-14H,3-4,6,12H2. The lowest BCUT2D eigenvalue weighted by Gasteiger charge is -2.34. The average Bonchev–Trinajstić information content (AvgIpc) is 2.20. The van der Waals surface area contributed by atoms with E-state index in [0.29, 0.717) is 6.42 Å². The van der Waals surface area contributed by atoms with Gasteiger partial charge in [-0.25, -0.2) is 0 Å². The van der Waals surface area contributed by atoms with Crippen molar-refractivity contribution in [1.29, 1.82) is 0 Å². The maximum atomic E-state index is 10.3. The maximum absolute atomic E-state index is 10.3. The molecule has 1 aliphatic rings. The molecule has 0 aliphatic carbocycles. The number of rotatable bonds is 1. The van der Waals surface area contributed by atoms with Crippen molar-refractivity contribution < 1.29 is 5.11 Å². The van der Waals surface area contributed by atoms with Gasteiger partial charge >= 0.3 is 0 Å². The summed E-state index contributed by atoms with van der Waals surface area (Å²) in [5.41, 5.74) is 6.61. The van der Waals surface area contributed by atoms with Crippen molar-refractivity contribution in [2.45, 2.75) is 12.0 Å². The van der Waals surface area contributed by atoms with Gasteiger partial charge in [-0.05, 0) is 24.6 Å². The van der Waals surface area contributed by atoms with Crippen molar-refractivity contribution in [1.82, 2.24) is 0 Å². The predicted octanol–water partition coefficient (Wildman–Crippen LogP) is 1.41. The zero-order valence-electron chi connectivity index (χ0n) is 7.76. The number of halogens is 1. The van der Waals surface area contributed by atoms with Crippen molar-refractivity contribution in [2.24, 2.45) is 5.73 Å². The first-order valence-electron chi connectivity index (χ1n) is 4.62. The van der Waals surface area contributed by atoms with E-state index in [1.54, 1.807) is 0 Å². The van der Waals surface area contributed by atoms with Crippen LogP contribution in [-0.2, 0) is 5.60 Å². The molecule has 0 radical (unpaired) electrons. The summed E-state index contributed by atoms with van der Waals surface area (Å²) in [7, 11) is 0. The molecule has 0 spiro atoms. The van der Waals surface area contributed by atoms with Gasteiger partial charge in [-0.15, -0.1) is 0 Å². The lowest BCUT2D eigenvalue weighted by Crippen LogP contribution is -2.40. The van der Waals surface area contributed by atoms with Crippen LogP contribution in [0.5, 0.6) is 0 Å². The fraction of sp³-hybridized carbons (Fsp3) is 0.400. The van der Waals surface area contributed by atoms with Crippen LogP contribution < -0.4 is 11.1 Å². The average molecular weight is 257 g/mol. The van der Waals surface area contributed by atoms with Gasteiger partial charge in [-0.1, -0.05) is 15.9 Å². The third-order valence-corrected chi connectivity index (χ3v) is 3.17. The zero-order valence-corrected chi connectivity index (χ0v) is 9.34. The first-order chi connectivity index (χ1) is 6.65. The summed E-state index contributed by atoms with van der Waals surface area (Å²) in [5, 5.41) is 13.5. The van der Waals surface area contributed by atoms with Crippen LogP contribution in [0.3, 0.4) is 0 Å². The number of nitrogens with one attached hydrogen (secondary N) is 1. The van der Waals surface area contributed by atoms with Crippen LogP contribution in [0.4, 0.5) is 5.69 Å². The van der Waals surface area contributed by atoms with E-state index in [9.17, 15) is 5.11 Å². The topological polar surface area (TPSA) is 58.3 Å². The van der Waals surface area contributed by atoms with Gasteiger partial charge in [0.05, 0.1) is 0 Å².